The lowest BCUT2D eigenvalue weighted by atomic mass is 9.85. The number of nitrogens with zero attached hydrogens (tertiary/aromatic N) is 17. The molecule has 15 rings (SSSR count). The first kappa shape index (κ1) is 85.5. The molecule has 6 fully saturated rings. The van der Waals surface area contributed by atoms with E-state index in [1.54, 1.807) is 30.7 Å². The Balaban J connectivity index is 0.000000149. The Bertz CT molecular complexity index is 4680. The number of nitrogens with one attached hydrogen (secondary N) is 3. The number of aliphatic hydroxyl groups is 3. The largest absolute Gasteiger partial charge is 0.393 e. The van der Waals surface area contributed by atoms with E-state index in [1.165, 1.54) is 5.69 Å². The summed E-state index contributed by atoms with van der Waals surface area (Å²) >= 11 is 0. The van der Waals surface area contributed by atoms with Crippen LogP contribution in [-0.4, -0.2) is 244 Å². The molecule has 0 spiro atoms. The third-order valence-corrected chi connectivity index (χ3v) is 23.0. The number of carbonyl (C=O) groups excluding carboxylic acids is 3. The number of ether oxygens (including phenoxy) is 5. The van der Waals surface area contributed by atoms with Gasteiger partial charge >= 0.3 is 0 Å². The quantitative estimate of drug-likeness (QED) is 0.0346. The number of amides is 2. The van der Waals surface area contributed by atoms with Gasteiger partial charge in [-0.05, 0) is 170 Å². The van der Waals surface area contributed by atoms with Crippen molar-refractivity contribution in [1.82, 2.24) is 82.9 Å². The molecule has 0 radical (unpaired) electrons. The van der Waals surface area contributed by atoms with Crippen LogP contribution in [0.5, 0.6) is 0 Å². The second-order valence-corrected chi connectivity index (χ2v) is 34.3. The minimum atomic E-state index is -0.863. The summed E-state index contributed by atoms with van der Waals surface area (Å²) in [4.78, 5) is 54.4. The van der Waals surface area contributed by atoms with Crippen LogP contribution in [0.25, 0.3) is 49.9 Å². The molecule has 31 heteroatoms. The number of hydrogen-bond donors (Lipinski definition) is 6. The van der Waals surface area contributed by atoms with E-state index in [-0.39, 0.29) is 77.9 Å². The highest BCUT2D eigenvalue weighted by atomic mass is 16.5. The second-order valence-electron chi connectivity index (χ2n) is 34.3. The van der Waals surface area contributed by atoms with E-state index < -0.39 is 5.54 Å². The highest BCUT2D eigenvalue weighted by molar-refractivity contribution is 5.86. The van der Waals surface area contributed by atoms with Gasteiger partial charge in [0.15, 0.2) is 0 Å². The van der Waals surface area contributed by atoms with Crippen LogP contribution in [0.4, 0.5) is 17.8 Å². The van der Waals surface area contributed by atoms with Crippen molar-refractivity contribution in [2.75, 3.05) is 89.9 Å². The van der Waals surface area contributed by atoms with Gasteiger partial charge in [0.1, 0.15) is 11.3 Å². The van der Waals surface area contributed by atoms with Crippen LogP contribution in [0.2, 0.25) is 0 Å². The number of aromatic nitrogens is 15. The number of rotatable bonds is 23. The fraction of sp³-hybridized carbons (Fsp3) is 0.643. The Hall–Kier alpha value is -8.82. The second kappa shape index (κ2) is 38.1. The van der Waals surface area contributed by atoms with Gasteiger partial charge in [0, 0.05) is 185 Å². The average Bonchev–Trinajstić information content (AvgIpc) is 1.62. The van der Waals surface area contributed by atoms with Crippen LogP contribution in [0, 0.1) is 11.8 Å². The topological polar surface area (TPSA) is 345 Å². The fourth-order valence-electron chi connectivity index (χ4n) is 17.1. The molecule has 626 valence electrons. The van der Waals surface area contributed by atoms with Gasteiger partial charge in [-0.1, -0.05) is 13.8 Å². The molecule has 0 aromatic carbocycles. The third kappa shape index (κ3) is 21.3. The van der Waals surface area contributed by atoms with E-state index in [4.69, 9.17) is 39.0 Å². The molecule has 9 aromatic heterocycles. The number of ketones is 1. The van der Waals surface area contributed by atoms with E-state index in [9.17, 15) is 29.7 Å². The lowest BCUT2D eigenvalue weighted by molar-refractivity contribution is -0.151. The van der Waals surface area contributed by atoms with Gasteiger partial charge in [-0.25, -0.2) is 28.5 Å². The molecule has 4 saturated carbocycles. The minimum Gasteiger partial charge on any atom is -0.393 e. The van der Waals surface area contributed by atoms with E-state index in [0.29, 0.717) is 100 Å². The summed E-state index contributed by atoms with van der Waals surface area (Å²) in [6.07, 6.45) is 29.3. The van der Waals surface area contributed by atoms with Crippen molar-refractivity contribution >= 4 is 52.0 Å². The third-order valence-electron chi connectivity index (χ3n) is 23.0. The van der Waals surface area contributed by atoms with E-state index in [0.717, 1.165) is 158 Å². The zero-order chi connectivity index (χ0) is 82.0. The van der Waals surface area contributed by atoms with Crippen molar-refractivity contribution in [3.05, 3.63) is 91.1 Å². The van der Waals surface area contributed by atoms with Crippen LogP contribution in [0.1, 0.15) is 207 Å². The molecule has 0 bridgehead atoms. The van der Waals surface area contributed by atoms with Gasteiger partial charge < -0.3 is 64.8 Å². The summed E-state index contributed by atoms with van der Waals surface area (Å²) in [6.45, 7) is 27.5. The molecule has 0 unspecified atom stereocenters. The van der Waals surface area contributed by atoms with E-state index >= 15 is 0 Å². The summed E-state index contributed by atoms with van der Waals surface area (Å²) in [6, 6.07) is 6.87. The average molecular weight is 1590 g/mol. The number of morpholine rings is 2. The number of methoxy groups -OCH3 is 3. The summed E-state index contributed by atoms with van der Waals surface area (Å²) in [5, 5.41) is 68.0. The Morgan fingerprint density at radius 1 is 0.574 bits per heavy atom. The molecule has 6 aliphatic rings. The van der Waals surface area contributed by atoms with Crippen LogP contribution < -0.4 is 16.0 Å². The number of Topliss-reactive ketones (excluding diaryl/α,β-unsaturated/α-hetero) is 1. The molecule has 2 aliphatic heterocycles. The first-order chi connectivity index (χ1) is 55.0. The molecular formula is C84H124N20O11. The minimum absolute atomic E-state index is 0.000535. The van der Waals surface area contributed by atoms with Gasteiger partial charge in [0.25, 0.3) is 0 Å². The Labute approximate surface area is 675 Å². The molecule has 31 nitrogen and oxygen atoms in total. The number of aryl methyl sites for hydroxylation is 1. The summed E-state index contributed by atoms with van der Waals surface area (Å²) in [7, 11) is 6.96. The van der Waals surface area contributed by atoms with Crippen molar-refractivity contribution in [1.29, 1.82) is 0 Å². The molecule has 2 amide bonds. The number of anilines is 3. The van der Waals surface area contributed by atoms with Crippen LogP contribution in [-0.2, 0) is 57.2 Å². The molecule has 2 saturated heterocycles. The SMILES string of the molecule is CC(C)C(=O)N1CCOC(C)(C)C1.COC[C@H](C)Nc1ncc2c(-c3cnn(C(C)(C)C(=O)N4C[C@@H](C)O[C@H](C)C4)c3)cc(C3CCC(O)CC3)n2n1.COC[C@H](C)Nc1ncc2c(-c3cnn(C)c3)cc(C3CCC(O)CC3)n2n1.COC[C@H](C)Nc1ncc2c(-c3cnn(C[C@@H]4CCC(=O)C4)c3)cc(C3CCC(O)CC3)n2n1. The Morgan fingerprint density at radius 3 is 1.38 bits per heavy atom. The molecule has 6 N–H and O–H groups in total. The zero-order valence-electron chi connectivity index (χ0n) is 70.1. The molecule has 11 heterocycles. The van der Waals surface area contributed by atoms with E-state index in [2.05, 4.69) is 70.6 Å². The van der Waals surface area contributed by atoms with Crippen LogP contribution in [0.15, 0.2) is 74.0 Å². The lowest BCUT2D eigenvalue weighted by Crippen LogP contribution is -2.54. The molecule has 9 aromatic rings. The van der Waals surface area contributed by atoms with Crippen molar-refractivity contribution in [3.8, 4) is 33.4 Å². The van der Waals surface area contributed by atoms with Crippen LogP contribution >= 0.6 is 0 Å². The van der Waals surface area contributed by atoms with Crippen molar-refractivity contribution in [3.63, 3.8) is 0 Å². The molecular weight excluding hydrogens is 1470 g/mol. The molecule has 115 heavy (non-hydrogen) atoms. The maximum atomic E-state index is 13.6. The Morgan fingerprint density at radius 2 is 0.991 bits per heavy atom. The van der Waals surface area contributed by atoms with Crippen molar-refractivity contribution in [2.24, 2.45) is 18.9 Å². The first-order valence-corrected chi connectivity index (χ1v) is 41.5. The van der Waals surface area contributed by atoms with E-state index in [1.807, 2.05) is 161 Å². The number of aliphatic hydroxyl groups excluding tert-OH is 3. The maximum Gasteiger partial charge on any atom is 0.250 e. The first-order valence-electron chi connectivity index (χ1n) is 41.5. The predicted molar refractivity (Wildman–Crippen MR) is 440 cm³/mol. The van der Waals surface area contributed by atoms with Crippen molar-refractivity contribution < 1.29 is 53.4 Å². The lowest BCUT2D eigenvalue weighted by Gasteiger charge is -2.39. The van der Waals surface area contributed by atoms with Gasteiger partial charge in [0.2, 0.25) is 29.7 Å². The highest BCUT2D eigenvalue weighted by Crippen LogP contribution is 2.42. The standard InChI is InChI=1S/C29H43N7O4.C25H34N6O3.C20H28N6O2.C10H19NO2/c1-18(17-39-6)32-28-30-13-26-24(11-25(36(26)33-28)21-7-9-23(37)10-8-21)22-12-31-35(16-22)29(4,5)27(38)34-14-19(2)40-20(3)15-34;1-16(15-34-2)28-25-26-12-24-22(10-23(31(24)29-25)18-4-7-20(32)8-5-18)19-11-27-30(14-19)13-17-3-6-21(33)9-17;1-13(12-28-3)23-20-21-10-19-17(15-9-22-25(2)11-15)8-18(26(19)24-20)14-4-6-16(27)7-5-14;1-8(2)9(12)11-5-6-13-10(3,4)7-11/h11-13,16,18-21,23,37H,7-10,14-15,17H2,1-6H3,(H,32,33);10-12,14,16-18,20,32H,3-9,13,15H2,1-2H3,(H,28,29);8-11,13-14,16,27H,4-7,12H2,1-3H3,(H,23,24);8H,5-7H2,1-4H3/t18-,19+,20+,21?,23?;16-,17+,18?,20?;13-,14?,16?;/m000./s1. The highest BCUT2D eigenvalue weighted by Gasteiger charge is 2.39. The van der Waals surface area contributed by atoms with Gasteiger partial charge in [0.05, 0.1) is 116 Å². The summed E-state index contributed by atoms with van der Waals surface area (Å²) in [5.41, 5.74) is 11.3. The summed E-state index contributed by atoms with van der Waals surface area (Å²) in [5.74, 6) is 3.77. The predicted octanol–water partition coefficient (Wildman–Crippen LogP) is 10.7. The fourth-order valence-corrected chi connectivity index (χ4v) is 17.1. The smallest absolute Gasteiger partial charge is 0.250 e. The van der Waals surface area contributed by atoms with Crippen molar-refractivity contribution in [2.45, 2.75) is 257 Å². The zero-order valence-corrected chi connectivity index (χ0v) is 70.1. The maximum absolute atomic E-state index is 13.6. The van der Waals surface area contributed by atoms with Gasteiger partial charge in [-0.3, -0.25) is 28.4 Å². The number of carbonyl (C=O) groups is 3. The number of hydrogen-bond acceptors (Lipinski definition) is 23. The Kier molecular flexibility index (Phi) is 28.3. The summed E-state index contributed by atoms with van der Waals surface area (Å²) < 4.78 is 38.6. The molecule has 4 aliphatic carbocycles. The normalized spacial score (nSPS) is 23.4. The van der Waals surface area contributed by atoms with Gasteiger partial charge in [-0.2, -0.15) is 15.3 Å². The van der Waals surface area contributed by atoms with Gasteiger partial charge in [-0.15, -0.1) is 15.3 Å². The monoisotopic (exact) mass is 1590 g/mol. The van der Waals surface area contributed by atoms with Crippen LogP contribution in [0.3, 0.4) is 0 Å². The number of fused-ring (bicyclic) bond motifs is 3. The molecule has 6 atom stereocenters.